The summed E-state index contributed by atoms with van der Waals surface area (Å²) in [7, 11) is -4.57. The number of rotatable bonds is 13. The van der Waals surface area contributed by atoms with Gasteiger partial charge in [0.2, 0.25) is 0 Å². The second-order valence-corrected chi connectivity index (χ2v) is 8.58. The molecule has 29 heavy (non-hydrogen) atoms. The molecule has 0 fully saturated rings. The summed E-state index contributed by atoms with van der Waals surface area (Å²) in [4.78, 5) is -0.334. The monoisotopic (exact) mass is 426 g/mol. The molecule has 0 amide bonds. The fourth-order valence-electron chi connectivity index (χ4n) is 3.27. The van der Waals surface area contributed by atoms with Gasteiger partial charge in [0.1, 0.15) is 21.6 Å². The van der Waals surface area contributed by atoms with Crippen molar-refractivity contribution in [1.82, 2.24) is 0 Å². The van der Waals surface area contributed by atoms with E-state index >= 15 is 0 Å². The normalized spacial score (nSPS) is 11.1. The Balaban J connectivity index is 0.00000420. The Hall–Kier alpha value is -0.850. The minimum absolute atomic E-state index is 0. The minimum atomic E-state index is -4.57. The van der Waals surface area contributed by atoms with E-state index in [0.717, 1.165) is 18.4 Å². The van der Waals surface area contributed by atoms with E-state index in [-0.39, 0.29) is 40.2 Å². The molecule has 4 nitrogen and oxygen atoms in total. The molecule has 0 radical (unpaired) electrons. The van der Waals surface area contributed by atoms with Crippen LogP contribution in [0.3, 0.4) is 0 Å². The van der Waals surface area contributed by atoms with Crippen molar-refractivity contribution in [3.63, 3.8) is 0 Å². The first-order chi connectivity index (χ1) is 13.5. The predicted molar refractivity (Wildman–Crippen MR) is 112 cm³/mol. The van der Waals surface area contributed by atoms with Crippen LogP contribution < -0.4 is 34.3 Å². The van der Waals surface area contributed by atoms with Crippen LogP contribution >= 0.6 is 0 Å². The topological polar surface area (TPSA) is 66.4 Å². The average Bonchev–Trinajstić information content (AvgIpc) is 2.67. The predicted octanol–water partition coefficient (Wildman–Crippen LogP) is 3.46. The standard InChI is InChI=1S/C23H32O4S.Na/c1-2-3-4-5-6-7-8-9-10-14-20-15-13-16-21(19-20)27-22-17-11-12-18-23(22)28(24,25)26;/h11-13,15-19H,2-10,14H2,1H3,(H,24,25,26);/q;+1/p-1. The molecular weight excluding hydrogens is 395 g/mol. The van der Waals surface area contributed by atoms with Crippen LogP contribution in [-0.2, 0) is 16.5 Å². The van der Waals surface area contributed by atoms with Gasteiger partial charge in [0.25, 0.3) is 0 Å². The van der Waals surface area contributed by atoms with Crippen molar-refractivity contribution in [2.75, 3.05) is 0 Å². The van der Waals surface area contributed by atoms with Gasteiger partial charge >= 0.3 is 29.6 Å². The van der Waals surface area contributed by atoms with Gasteiger partial charge in [-0.3, -0.25) is 0 Å². The van der Waals surface area contributed by atoms with Gasteiger partial charge in [-0.05, 0) is 42.7 Å². The van der Waals surface area contributed by atoms with E-state index in [9.17, 15) is 13.0 Å². The number of ether oxygens (including phenoxy) is 1. The van der Waals surface area contributed by atoms with Crippen LogP contribution in [0.4, 0.5) is 0 Å². The van der Waals surface area contributed by atoms with Crippen molar-refractivity contribution in [2.45, 2.75) is 76.0 Å². The van der Waals surface area contributed by atoms with Gasteiger partial charge in [-0.1, -0.05) is 82.6 Å². The van der Waals surface area contributed by atoms with Crippen LogP contribution in [0.2, 0.25) is 0 Å². The molecule has 0 saturated heterocycles. The van der Waals surface area contributed by atoms with Crippen LogP contribution in [0.25, 0.3) is 0 Å². The summed E-state index contributed by atoms with van der Waals surface area (Å²) in [5, 5.41) is 0. The van der Waals surface area contributed by atoms with E-state index in [1.54, 1.807) is 12.1 Å². The molecule has 0 unspecified atom stereocenters. The molecule has 0 aromatic heterocycles. The van der Waals surface area contributed by atoms with E-state index in [1.165, 1.54) is 69.6 Å². The third-order valence-corrected chi connectivity index (χ3v) is 5.69. The van der Waals surface area contributed by atoms with Gasteiger partial charge in [0.15, 0.2) is 0 Å². The zero-order valence-corrected chi connectivity index (χ0v) is 20.5. The van der Waals surface area contributed by atoms with Crippen LogP contribution in [0.1, 0.15) is 70.3 Å². The number of unbranched alkanes of at least 4 members (excludes halogenated alkanes) is 8. The molecule has 0 spiro atoms. The van der Waals surface area contributed by atoms with Crippen LogP contribution in [-0.4, -0.2) is 13.0 Å². The largest absolute Gasteiger partial charge is 1.00 e. The van der Waals surface area contributed by atoms with E-state index < -0.39 is 10.1 Å². The van der Waals surface area contributed by atoms with Gasteiger partial charge in [-0.2, -0.15) is 0 Å². The second kappa shape index (κ2) is 14.2. The van der Waals surface area contributed by atoms with Crippen molar-refractivity contribution < 1.29 is 47.3 Å². The van der Waals surface area contributed by atoms with Gasteiger partial charge in [0.05, 0.1) is 4.90 Å². The summed E-state index contributed by atoms with van der Waals surface area (Å²) in [5.74, 6) is 0.613. The Bertz CT molecular complexity index is 821. The van der Waals surface area contributed by atoms with E-state index in [1.807, 2.05) is 18.2 Å². The third-order valence-electron chi connectivity index (χ3n) is 4.81. The second-order valence-electron chi connectivity index (χ2n) is 7.23. The SMILES string of the molecule is CCCCCCCCCCCc1cccc(Oc2ccccc2S(=O)(=O)[O-])c1.[Na+]. The van der Waals surface area contributed by atoms with Crippen LogP contribution in [0, 0.1) is 0 Å². The molecule has 0 atom stereocenters. The third kappa shape index (κ3) is 10.1. The van der Waals surface area contributed by atoms with Crippen molar-refractivity contribution in [2.24, 2.45) is 0 Å². The van der Waals surface area contributed by atoms with E-state index in [4.69, 9.17) is 4.74 Å². The molecule has 2 aromatic carbocycles. The summed E-state index contributed by atoms with van der Waals surface area (Å²) in [6.45, 7) is 2.24. The minimum Gasteiger partial charge on any atom is -0.744 e. The van der Waals surface area contributed by atoms with Crippen molar-refractivity contribution in [3.05, 3.63) is 54.1 Å². The average molecular weight is 427 g/mol. The Morgan fingerprint density at radius 1 is 0.828 bits per heavy atom. The first-order valence-corrected chi connectivity index (χ1v) is 11.7. The molecule has 0 aliphatic carbocycles. The van der Waals surface area contributed by atoms with E-state index in [0.29, 0.717) is 5.75 Å². The zero-order valence-electron chi connectivity index (χ0n) is 17.7. The maximum atomic E-state index is 11.4. The maximum absolute atomic E-state index is 11.4. The molecule has 0 aliphatic rings. The number of para-hydroxylation sites is 1. The molecular formula is C23H31NaO4S. The number of benzene rings is 2. The summed E-state index contributed by atoms with van der Waals surface area (Å²) >= 11 is 0. The molecule has 2 rings (SSSR count). The molecule has 0 N–H and O–H groups in total. The summed E-state index contributed by atoms with van der Waals surface area (Å²) in [6.07, 6.45) is 12.6. The number of hydrogen-bond acceptors (Lipinski definition) is 4. The fraction of sp³-hybridized carbons (Fsp3) is 0.478. The Kier molecular flexibility index (Phi) is 12.8. The first-order valence-electron chi connectivity index (χ1n) is 10.3. The first kappa shape index (κ1) is 26.2. The fourth-order valence-corrected chi connectivity index (χ4v) is 3.87. The molecule has 0 heterocycles. The van der Waals surface area contributed by atoms with Crippen LogP contribution in [0.5, 0.6) is 11.5 Å². The van der Waals surface area contributed by atoms with Crippen molar-refractivity contribution in [1.29, 1.82) is 0 Å². The summed E-state index contributed by atoms with van der Waals surface area (Å²) < 4.78 is 39.8. The number of hydrogen-bond donors (Lipinski definition) is 0. The van der Waals surface area contributed by atoms with Crippen molar-refractivity contribution >= 4 is 10.1 Å². The quantitative estimate of drug-likeness (QED) is 0.279. The zero-order chi connectivity index (χ0) is 20.2. The Labute approximate surface area is 198 Å². The van der Waals surface area contributed by atoms with Gasteiger partial charge in [0, 0.05) is 0 Å². The molecule has 0 aliphatic heterocycles. The molecule has 0 saturated carbocycles. The van der Waals surface area contributed by atoms with Crippen LogP contribution in [0.15, 0.2) is 53.4 Å². The molecule has 154 valence electrons. The van der Waals surface area contributed by atoms with Gasteiger partial charge < -0.3 is 9.29 Å². The smallest absolute Gasteiger partial charge is 0.744 e. The summed E-state index contributed by atoms with van der Waals surface area (Å²) in [5.41, 5.74) is 1.16. The molecule has 6 heteroatoms. The van der Waals surface area contributed by atoms with Crippen molar-refractivity contribution in [3.8, 4) is 11.5 Å². The van der Waals surface area contributed by atoms with Gasteiger partial charge in [-0.25, -0.2) is 8.42 Å². The maximum Gasteiger partial charge on any atom is 1.00 e. The molecule has 0 bridgehead atoms. The molecule has 2 aromatic rings. The summed E-state index contributed by atoms with van der Waals surface area (Å²) in [6, 6.07) is 13.6. The number of aryl methyl sites for hydroxylation is 1. The van der Waals surface area contributed by atoms with Gasteiger partial charge in [-0.15, -0.1) is 0 Å². The Morgan fingerprint density at radius 2 is 1.45 bits per heavy atom. The Morgan fingerprint density at radius 3 is 2.10 bits per heavy atom. The van der Waals surface area contributed by atoms with E-state index in [2.05, 4.69) is 6.92 Å².